The highest BCUT2D eigenvalue weighted by Gasteiger charge is 2.08. The maximum Gasteiger partial charge on any atom is 0.248 e. The van der Waals surface area contributed by atoms with Gasteiger partial charge in [0.2, 0.25) is 5.91 Å². The summed E-state index contributed by atoms with van der Waals surface area (Å²) in [4.78, 5) is 19.8. The Labute approximate surface area is 155 Å². The third-order valence-electron chi connectivity index (χ3n) is 3.55. The van der Waals surface area contributed by atoms with Crippen LogP contribution in [-0.4, -0.2) is 36.4 Å². The van der Waals surface area contributed by atoms with Crippen LogP contribution < -0.4 is 20.9 Å². The van der Waals surface area contributed by atoms with Gasteiger partial charge >= 0.3 is 0 Å². The lowest BCUT2D eigenvalue weighted by Gasteiger charge is -2.08. The summed E-state index contributed by atoms with van der Waals surface area (Å²) in [7, 11) is 3.15. The Hall–Kier alpha value is -3.00. The van der Waals surface area contributed by atoms with E-state index < -0.39 is 0 Å². The maximum atomic E-state index is 10.6. The number of hydrogen-bond donors (Lipinski definition) is 2. The smallest absolute Gasteiger partial charge is 0.248 e. The molecule has 0 unspecified atom stereocenters. The monoisotopic (exact) mass is 372 g/mol. The predicted molar refractivity (Wildman–Crippen MR) is 104 cm³/mol. The van der Waals surface area contributed by atoms with Gasteiger partial charge in [0.1, 0.15) is 12.1 Å². The molecular weight excluding hydrogens is 352 g/mol. The molecule has 0 aliphatic heterocycles. The second-order valence-electron chi connectivity index (χ2n) is 5.08. The highest BCUT2D eigenvalue weighted by Crippen LogP contribution is 2.32. The van der Waals surface area contributed by atoms with Crippen LogP contribution in [0.25, 0.3) is 10.9 Å². The number of fused-ring (bicyclic) bond motifs is 1. The molecule has 2 aromatic carbocycles. The Morgan fingerprint density at radius 2 is 1.65 bits per heavy atom. The molecule has 0 saturated heterocycles. The average molecular weight is 372 g/mol. The molecule has 26 heavy (non-hydrogen) atoms. The summed E-state index contributed by atoms with van der Waals surface area (Å²) >= 11 is 1.64. The third-order valence-corrected chi connectivity index (χ3v) is 4.29. The molecule has 1 heterocycles. The number of anilines is 1. The van der Waals surface area contributed by atoms with E-state index in [1.54, 1.807) is 50.2 Å². The van der Waals surface area contributed by atoms with Gasteiger partial charge in [0.15, 0.2) is 11.5 Å². The van der Waals surface area contributed by atoms with Crippen LogP contribution in [0.5, 0.6) is 11.5 Å². The maximum absolute atomic E-state index is 10.6. The van der Waals surface area contributed by atoms with Gasteiger partial charge in [-0.15, -0.1) is 11.8 Å². The molecular formula is C18H20N4O3S. The number of nitrogens with zero attached hydrogens (tertiary/aromatic N) is 2. The topological polar surface area (TPSA) is 113 Å². The van der Waals surface area contributed by atoms with Crippen molar-refractivity contribution in [2.24, 2.45) is 5.73 Å². The van der Waals surface area contributed by atoms with E-state index in [4.69, 9.17) is 20.9 Å². The van der Waals surface area contributed by atoms with Crippen molar-refractivity contribution in [1.29, 1.82) is 0 Å². The highest BCUT2D eigenvalue weighted by atomic mass is 32.2. The molecule has 8 heteroatoms. The van der Waals surface area contributed by atoms with Crippen LogP contribution in [0, 0.1) is 0 Å². The van der Waals surface area contributed by atoms with Crippen LogP contribution >= 0.6 is 11.8 Å². The molecule has 0 atom stereocenters. The Bertz CT molecular complexity index is 901. The van der Waals surface area contributed by atoms with Gasteiger partial charge in [0.25, 0.3) is 0 Å². The number of methoxy groups -OCH3 is 2. The number of carbonyl (C=O) groups is 1. The van der Waals surface area contributed by atoms with E-state index in [1.165, 1.54) is 6.33 Å². The van der Waals surface area contributed by atoms with E-state index in [9.17, 15) is 4.79 Å². The van der Waals surface area contributed by atoms with Crippen LogP contribution in [0.3, 0.4) is 0 Å². The van der Waals surface area contributed by atoms with Crippen molar-refractivity contribution < 1.29 is 14.3 Å². The van der Waals surface area contributed by atoms with E-state index in [-0.39, 0.29) is 5.91 Å². The minimum absolute atomic E-state index is 0.377. The first kappa shape index (κ1) is 19.3. The molecule has 0 aliphatic carbocycles. The van der Waals surface area contributed by atoms with Gasteiger partial charge < -0.3 is 20.9 Å². The number of primary amides is 1. The third kappa shape index (κ3) is 4.54. The van der Waals surface area contributed by atoms with Gasteiger partial charge in [-0.1, -0.05) is 0 Å². The SMILES string of the molecule is COc1cc2ncnc(N)c2cc1OC.CSc1ccc(C(N)=O)cc1. The van der Waals surface area contributed by atoms with Crippen molar-refractivity contribution in [2.45, 2.75) is 4.90 Å². The molecule has 0 aliphatic rings. The molecule has 0 fully saturated rings. The number of ether oxygens (including phenoxy) is 2. The first-order chi connectivity index (χ1) is 12.5. The zero-order valence-electron chi connectivity index (χ0n) is 14.7. The van der Waals surface area contributed by atoms with Gasteiger partial charge in [-0.25, -0.2) is 9.97 Å². The normalized spacial score (nSPS) is 9.96. The van der Waals surface area contributed by atoms with E-state index >= 15 is 0 Å². The van der Waals surface area contributed by atoms with Gasteiger partial charge in [-0.05, 0) is 36.6 Å². The summed E-state index contributed by atoms with van der Waals surface area (Å²) in [6.45, 7) is 0. The Morgan fingerprint density at radius 1 is 1.04 bits per heavy atom. The van der Waals surface area contributed by atoms with Crippen molar-refractivity contribution in [2.75, 3.05) is 26.2 Å². The number of hydrogen-bond acceptors (Lipinski definition) is 7. The van der Waals surface area contributed by atoms with E-state index in [0.29, 0.717) is 22.9 Å². The predicted octanol–water partition coefficient (Wildman–Crippen LogP) is 2.74. The number of rotatable bonds is 4. The lowest BCUT2D eigenvalue weighted by molar-refractivity contribution is 0.1000. The van der Waals surface area contributed by atoms with Crippen molar-refractivity contribution >= 4 is 34.4 Å². The summed E-state index contributed by atoms with van der Waals surface area (Å²) in [5.74, 6) is 1.30. The van der Waals surface area contributed by atoms with Gasteiger partial charge in [0.05, 0.1) is 19.7 Å². The molecule has 7 nitrogen and oxygen atoms in total. The molecule has 0 spiro atoms. The Kier molecular flexibility index (Phi) is 6.62. The number of nitrogen functional groups attached to an aromatic ring is 1. The van der Waals surface area contributed by atoms with Crippen LogP contribution in [0.4, 0.5) is 5.82 Å². The zero-order chi connectivity index (χ0) is 19.1. The van der Waals surface area contributed by atoms with Crippen molar-refractivity contribution in [1.82, 2.24) is 9.97 Å². The minimum atomic E-state index is -0.377. The molecule has 0 bridgehead atoms. The number of amides is 1. The first-order valence-electron chi connectivity index (χ1n) is 7.56. The number of aromatic nitrogens is 2. The molecule has 136 valence electrons. The van der Waals surface area contributed by atoms with Crippen LogP contribution in [0.15, 0.2) is 47.6 Å². The second kappa shape index (κ2) is 8.91. The van der Waals surface area contributed by atoms with Crippen LogP contribution in [0.2, 0.25) is 0 Å². The zero-order valence-corrected chi connectivity index (χ0v) is 15.5. The molecule has 0 saturated carbocycles. The minimum Gasteiger partial charge on any atom is -0.493 e. The van der Waals surface area contributed by atoms with Crippen LogP contribution in [-0.2, 0) is 0 Å². The molecule has 0 radical (unpaired) electrons. The molecule has 4 N–H and O–H groups in total. The first-order valence-corrected chi connectivity index (χ1v) is 8.78. The number of benzene rings is 2. The van der Waals surface area contributed by atoms with Crippen molar-refractivity contribution in [3.8, 4) is 11.5 Å². The summed E-state index contributed by atoms with van der Waals surface area (Å²) in [6, 6.07) is 10.8. The van der Waals surface area contributed by atoms with E-state index in [0.717, 1.165) is 15.8 Å². The summed E-state index contributed by atoms with van der Waals surface area (Å²) in [5.41, 5.74) is 12.1. The number of thioether (sulfide) groups is 1. The molecule has 1 aromatic heterocycles. The van der Waals surface area contributed by atoms with Crippen LogP contribution in [0.1, 0.15) is 10.4 Å². The van der Waals surface area contributed by atoms with Gasteiger partial charge in [0, 0.05) is 21.9 Å². The summed E-state index contributed by atoms with van der Waals surface area (Å²) < 4.78 is 10.3. The fourth-order valence-corrected chi connectivity index (χ4v) is 2.57. The summed E-state index contributed by atoms with van der Waals surface area (Å²) in [6.07, 6.45) is 3.41. The van der Waals surface area contributed by atoms with Gasteiger partial charge in [-0.2, -0.15) is 0 Å². The quantitative estimate of drug-likeness (QED) is 0.677. The molecule has 3 rings (SSSR count). The molecule has 1 amide bonds. The van der Waals surface area contributed by atoms with E-state index in [1.807, 2.05) is 18.4 Å². The fraction of sp³-hybridized carbons (Fsp3) is 0.167. The lowest BCUT2D eigenvalue weighted by atomic mass is 10.2. The Balaban J connectivity index is 0.000000197. The number of carbonyl (C=O) groups excluding carboxylic acids is 1. The standard InChI is InChI=1S/C10H11N3O2.C8H9NOS/c1-14-8-3-6-7(4-9(8)15-2)12-5-13-10(6)11;1-11-7-4-2-6(3-5-7)8(9)10/h3-5H,1-2H3,(H2,11,12,13);2-5H,1H3,(H2,9,10). The highest BCUT2D eigenvalue weighted by molar-refractivity contribution is 7.98. The largest absolute Gasteiger partial charge is 0.493 e. The Morgan fingerprint density at radius 3 is 2.19 bits per heavy atom. The van der Waals surface area contributed by atoms with Crippen molar-refractivity contribution in [3.05, 3.63) is 48.3 Å². The fourth-order valence-electron chi connectivity index (χ4n) is 2.16. The second-order valence-corrected chi connectivity index (χ2v) is 5.96. The van der Waals surface area contributed by atoms with Gasteiger partial charge in [-0.3, -0.25) is 4.79 Å². The summed E-state index contributed by atoms with van der Waals surface area (Å²) in [5, 5.41) is 0.759. The van der Waals surface area contributed by atoms with Crippen molar-refractivity contribution in [3.63, 3.8) is 0 Å². The molecule has 3 aromatic rings. The lowest BCUT2D eigenvalue weighted by Crippen LogP contribution is -2.10. The van der Waals surface area contributed by atoms with E-state index in [2.05, 4.69) is 9.97 Å². The average Bonchev–Trinajstić information content (AvgIpc) is 2.67. The number of nitrogens with two attached hydrogens (primary N) is 2.